The second-order valence-corrected chi connectivity index (χ2v) is 4.14. The number of ether oxygens (including phenoxy) is 1. The van der Waals surface area contributed by atoms with E-state index >= 15 is 0 Å². The summed E-state index contributed by atoms with van der Waals surface area (Å²) in [6.07, 6.45) is 1.32. The molecule has 1 heterocycles. The van der Waals surface area contributed by atoms with Crippen molar-refractivity contribution in [1.29, 1.82) is 0 Å². The maximum absolute atomic E-state index is 11.4. The number of benzene rings is 1. The lowest BCUT2D eigenvalue weighted by Crippen LogP contribution is -2.05. The molecule has 0 saturated carbocycles. The van der Waals surface area contributed by atoms with Gasteiger partial charge in [-0.3, -0.25) is 10.1 Å². The molecule has 22 heavy (non-hydrogen) atoms. The molecule has 1 aromatic carbocycles. The Labute approximate surface area is 125 Å². The molecule has 2 N–H and O–H groups in total. The summed E-state index contributed by atoms with van der Waals surface area (Å²) in [6, 6.07) is 5.60. The van der Waals surface area contributed by atoms with Gasteiger partial charge in [-0.25, -0.2) is 14.8 Å². The molecule has 1 aromatic heterocycles. The van der Waals surface area contributed by atoms with Crippen molar-refractivity contribution in [3.05, 3.63) is 46.3 Å². The predicted molar refractivity (Wildman–Crippen MR) is 79.3 cm³/mol. The fourth-order valence-electron chi connectivity index (χ4n) is 1.73. The molecule has 0 saturated heterocycles. The smallest absolute Gasteiger partial charge is 0.338 e. The van der Waals surface area contributed by atoms with E-state index < -0.39 is 10.9 Å². The van der Waals surface area contributed by atoms with Gasteiger partial charge in [0.2, 0.25) is 0 Å². The van der Waals surface area contributed by atoms with Gasteiger partial charge in [0.15, 0.2) is 0 Å². The summed E-state index contributed by atoms with van der Waals surface area (Å²) < 4.78 is 4.55. The zero-order chi connectivity index (χ0) is 16.1. The van der Waals surface area contributed by atoms with E-state index in [0.29, 0.717) is 11.6 Å². The summed E-state index contributed by atoms with van der Waals surface area (Å²) in [7, 11) is 2.90. The first kappa shape index (κ1) is 15.2. The Morgan fingerprint density at radius 2 is 2.00 bits per heavy atom. The highest BCUT2D eigenvalue weighted by Crippen LogP contribution is 2.28. The third-order valence-electron chi connectivity index (χ3n) is 2.80. The Bertz CT molecular complexity index is 719. The Hall–Kier alpha value is -3.23. The van der Waals surface area contributed by atoms with Crippen molar-refractivity contribution in [2.45, 2.75) is 0 Å². The molecule has 2 aromatic rings. The van der Waals surface area contributed by atoms with Gasteiger partial charge in [0.25, 0.3) is 5.69 Å². The van der Waals surface area contributed by atoms with Gasteiger partial charge >= 0.3 is 5.97 Å². The number of rotatable bonds is 5. The van der Waals surface area contributed by atoms with Crippen molar-refractivity contribution in [3.8, 4) is 0 Å². The van der Waals surface area contributed by atoms with Crippen LogP contribution in [0.3, 0.4) is 0 Å². The van der Waals surface area contributed by atoms with Crippen molar-refractivity contribution in [1.82, 2.24) is 9.97 Å². The standard InChI is InChI=1S/C13H13N5O4/c1-14-11-6-12(16-7-15-11)17-9-4-3-8(13(19)22-2)5-10(9)18(20)21/h3-7H,1-2H3,(H2,14,15,16,17). The van der Waals surface area contributed by atoms with Crippen LogP contribution in [0.2, 0.25) is 0 Å². The molecule has 2 rings (SSSR count). The molecular weight excluding hydrogens is 290 g/mol. The molecule has 114 valence electrons. The fraction of sp³-hybridized carbons (Fsp3) is 0.154. The summed E-state index contributed by atoms with van der Waals surface area (Å²) in [5.74, 6) is 0.300. The van der Waals surface area contributed by atoms with Crippen LogP contribution in [0.1, 0.15) is 10.4 Å². The zero-order valence-corrected chi connectivity index (χ0v) is 11.9. The van der Waals surface area contributed by atoms with Crippen LogP contribution in [0.25, 0.3) is 0 Å². The summed E-state index contributed by atoms with van der Waals surface area (Å²) in [5, 5.41) is 16.8. The Morgan fingerprint density at radius 3 is 2.64 bits per heavy atom. The third-order valence-corrected chi connectivity index (χ3v) is 2.80. The average Bonchev–Trinajstić information content (AvgIpc) is 2.54. The minimum absolute atomic E-state index is 0.0957. The quantitative estimate of drug-likeness (QED) is 0.488. The van der Waals surface area contributed by atoms with E-state index in [1.165, 1.54) is 25.6 Å². The minimum Gasteiger partial charge on any atom is -0.465 e. The first-order valence-corrected chi connectivity index (χ1v) is 6.18. The lowest BCUT2D eigenvalue weighted by atomic mass is 10.1. The van der Waals surface area contributed by atoms with Crippen LogP contribution in [0, 0.1) is 10.1 Å². The molecule has 0 aliphatic rings. The molecule has 0 aliphatic carbocycles. The van der Waals surface area contributed by atoms with Crippen molar-refractivity contribution in [3.63, 3.8) is 0 Å². The number of nitro benzene ring substituents is 1. The second-order valence-electron chi connectivity index (χ2n) is 4.14. The topological polar surface area (TPSA) is 119 Å². The number of nitro groups is 1. The molecule has 0 spiro atoms. The van der Waals surface area contributed by atoms with Crippen molar-refractivity contribution < 1.29 is 14.5 Å². The molecule has 0 amide bonds. The monoisotopic (exact) mass is 303 g/mol. The maximum Gasteiger partial charge on any atom is 0.338 e. The molecule has 0 aliphatic heterocycles. The minimum atomic E-state index is -0.644. The number of aromatic nitrogens is 2. The molecule has 9 nitrogen and oxygen atoms in total. The Morgan fingerprint density at radius 1 is 1.27 bits per heavy atom. The van der Waals surface area contributed by atoms with E-state index in [0.717, 1.165) is 6.07 Å². The highest BCUT2D eigenvalue weighted by Gasteiger charge is 2.18. The molecular formula is C13H13N5O4. The number of carbonyl (C=O) groups excluding carboxylic acids is 1. The fourth-order valence-corrected chi connectivity index (χ4v) is 1.73. The second kappa shape index (κ2) is 6.48. The number of methoxy groups -OCH3 is 1. The number of anilines is 3. The number of nitrogens with zero attached hydrogens (tertiary/aromatic N) is 3. The zero-order valence-electron chi connectivity index (χ0n) is 11.9. The van der Waals surface area contributed by atoms with Gasteiger partial charge in [0.1, 0.15) is 23.7 Å². The first-order chi connectivity index (χ1) is 10.5. The Balaban J connectivity index is 2.37. The Kier molecular flexibility index (Phi) is 4.47. The largest absolute Gasteiger partial charge is 0.465 e. The van der Waals surface area contributed by atoms with E-state index in [9.17, 15) is 14.9 Å². The van der Waals surface area contributed by atoms with Gasteiger partial charge in [0.05, 0.1) is 17.6 Å². The lowest BCUT2D eigenvalue weighted by Gasteiger charge is -2.08. The van der Waals surface area contributed by atoms with Crippen LogP contribution in [0.4, 0.5) is 23.0 Å². The summed E-state index contributed by atoms with van der Waals surface area (Å²) in [6.45, 7) is 0. The molecule has 0 atom stereocenters. The van der Waals surface area contributed by atoms with Crippen LogP contribution in [-0.4, -0.2) is 35.0 Å². The normalized spacial score (nSPS) is 9.91. The average molecular weight is 303 g/mol. The van der Waals surface area contributed by atoms with E-state index in [-0.39, 0.29) is 16.9 Å². The molecule has 0 bridgehead atoms. The molecule has 0 fully saturated rings. The SMILES string of the molecule is CNc1cc(Nc2ccc(C(=O)OC)cc2[N+](=O)[O-])ncn1. The highest BCUT2D eigenvalue weighted by molar-refractivity contribution is 5.91. The predicted octanol–water partition coefficient (Wildman–Crippen LogP) is 1.96. The summed E-state index contributed by atoms with van der Waals surface area (Å²) in [4.78, 5) is 30.0. The van der Waals surface area contributed by atoms with Crippen LogP contribution in [-0.2, 0) is 4.74 Å². The van der Waals surface area contributed by atoms with E-state index in [2.05, 4.69) is 25.3 Å². The molecule has 9 heteroatoms. The first-order valence-electron chi connectivity index (χ1n) is 6.18. The van der Waals surface area contributed by atoms with Crippen LogP contribution in [0.15, 0.2) is 30.6 Å². The van der Waals surface area contributed by atoms with Gasteiger partial charge in [-0.2, -0.15) is 0 Å². The third kappa shape index (κ3) is 3.26. The number of esters is 1. The van der Waals surface area contributed by atoms with E-state index in [1.54, 1.807) is 13.1 Å². The maximum atomic E-state index is 11.4. The van der Waals surface area contributed by atoms with Crippen LogP contribution >= 0.6 is 0 Å². The van der Waals surface area contributed by atoms with Gasteiger partial charge in [-0.05, 0) is 12.1 Å². The number of nitrogens with one attached hydrogen (secondary N) is 2. The molecule has 0 unspecified atom stereocenters. The van der Waals surface area contributed by atoms with Crippen molar-refractivity contribution in [2.24, 2.45) is 0 Å². The van der Waals surface area contributed by atoms with Crippen molar-refractivity contribution in [2.75, 3.05) is 24.8 Å². The van der Waals surface area contributed by atoms with E-state index in [4.69, 9.17) is 0 Å². The number of carbonyl (C=O) groups is 1. The lowest BCUT2D eigenvalue weighted by molar-refractivity contribution is -0.383. The van der Waals surface area contributed by atoms with Gasteiger partial charge in [-0.15, -0.1) is 0 Å². The van der Waals surface area contributed by atoms with E-state index in [1.807, 2.05) is 0 Å². The summed E-state index contributed by atoms with van der Waals surface area (Å²) in [5.41, 5.74) is 0.0456. The van der Waals surface area contributed by atoms with Crippen LogP contribution < -0.4 is 10.6 Å². The number of hydrogen-bond donors (Lipinski definition) is 2. The van der Waals surface area contributed by atoms with Gasteiger partial charge < -0.3 is 15.4 Å². The summed E-state index contributed by atoms with van der Waals surface area (Å²) >= 11 is 0. The van der Waals surface area contributed by atoms with Gasteiger partial charge in [-0.1, -0.05) is 0 Å². The van der Waals surface area contributed by atoms with Gasteiger partial charge in [0, 0.05) is 19.2 Å². The van der Waals surface area contributed by atoms with Crippen molar-refractivity contribution >= 4 is 29.0 Å². The number of hydrogen-bond acceptors (Lipinski definition) is 8. The highest BCUT2D eigenvalue weighted by atomic mass is 16.6. The molecule has 0 radical (unpaired) electrons. The van der Waals surface area contributed by atoms with Crippen LogP contribution in [0.5, 0.6) is 0 Å².